The van der Waals surface area contributed by atoms with Gasteiger partial charge >= 0.3 is 0 Å². The second kappa shape index (κ2) is 7.16. The molecule has 0 atom stereocenters. The lowest BCUT2D eigenvalue weighted by molar-refractivity contribution is 0.124. The van der Waals surface area contributed by atoms with Crippen LogP contribution in [0.4, 0.5) is 0 Å². The maximum Gasteiger partial charge on any atom is 0.179 e. The summed E-state index contributed by atoms with van der Waals surface area (Å²) in [5.41, 5.74) is 4.15. The third kappa shape index (κ3) is 3.10. The molecule has 5 aromatic rings. The zero-order valence-electron chi connectivity index (χ0n) is 15.7. The van der Waals surface area contributed by atoms with Gasteiger partial charge in [-0.2, -0.15) is 5.10 Å². The summed E-state index contributed by atoms with van der Waals surface area (Å²) >= 11 is 0. The highest BCUT2D eigenvalue weighted by Gasteiger charge is 2.14. The molecule has 0 spiro atoms. The Morgan fingerprint density at radius 1 is 0.966 bits per heavy atom. The molecular weight excluding hydrogens is 366 g/mol. The van der Waals surface area contributed by atoms with Gasteiger partial charge in [0.05, 0.1) is 23.0 Å². The molecule has 0 aliphatic heterocycles. The SMILES string of the molecule is CC(=NOCc1nnc2c3cnn(-c4ccccc4)c3ncn12)c1ccccc1. The summed E-state index contributed by atoms with van der Waals surface area (Å²) in [4.78, 5) is 10.1. The van der Waals surface area contributed by atoms with E-state index in [-0.39, 0.29) is 6.61 Å². The summed E-state index contributed by atoms with van der Waals surface area (Å²) in [7, 11) is 0. The molecule has 0 fully saturated rings. The normalized spacial score (nSPS) is 12.0. The van der Waals surface area contributed by atoms with E-state index in [1.165, 1.54) is 0 Å². The smallest absolute Gasteiger partial charge is 0.179 e. The number of aromatic nitrogens is 6. The van der Waals surface area contributed by atoms with Gasteiger partial charge in [-0.05, 0) is 24.6 Å². The van der Waals surface area contributed by atoms with Crippen molar-refractivity contribution in [3.63, 3.8) is 0 Å². The van der Waals surface area contributed by atoms with Gasteiger partial charge in [0.15, 0.2) is 23.7 Å². The van der Waals surface area contributed by atoms with Crippen LogP contribution in [0.1, 0.15) is 18.3 Å². The van der Waals surface area contributed by atoms with Gasteiger partial charge in [-0.15, -0.1) is 10.2 Å². The molecule has 0 bridgehead atoms. The Labute approximate surface area is 166 Å². The molecule has 0 saturated carbocycles. The van der Waals surface area contributed by atoms with E-state index in [9.17, 15) is 0 Å². The molecule has 0 saturated heterocycles. The van der Waals surface area contributed by atoms with Crippen LogP contribution in [-0.2, 0) is 11.4 Å². The van der Waals surface area contributed by atoms with E-state index in [1.807, 2.05) is 67.6 Å². The number of nitrogens with zero attached hydrogens (tertiary/aromatic N) is 7. The number of oxime groups is 1. The standard InChI is InChI=1S/C21H17N7O/c1-15(16-8-4-2-5-9-16)26-29-13-19-24-25-21-18-12-23-28(17-10-6-3-7-11-17)20(18)22-14-27(19)21/h2-12,14H,13H2,1H3. The number of hydrogen-bond acceptors (Lipinski definition) is 6. The van der Waals surface area contributed by atoms with Crippen molar-refractivity contribution in [3.05, 3.63) is 84.6 Å². The molecule has 29 heavy (non-hydrogen) atoms. The first kappa shape index (κ1) is 17.1. The Morgan fingerprint density at radius 2 is 1.72 bits per heavy atom. The van der Waals surface area contributed by atoms with Gasteiger partial charge < -0.3 is 4.84 Å². The summed E-state index contributed by atoms with van der Waals surface area (Å²) in [6.45, 7) is 2.09. The average molecular weight is 383 g/mol. The lowest BCUT2D eigenvalue weighted by atomic mass is 10.1. The van der Waals surface area contributed by atoms with Gasteiger partial charge in [-0.3, -0.25) is 4.40 Å². The fraction of sp³-hybridized carbons (Fsp3) is 0.0952. The summed E-state index contributed by atoms with van der Waals surface area (Å²) in [6, 6.07) is 19.7. The van der Waals surface area contributed by atoms with Crippen molar-refractivity contribution in [1.29, 1.82) is 0 Å². The summed E-state index contributed by atoms with van der Waals surface area (Å²) < 4.78 is 3.58. The molecule has 3 heterocycles. The van der Waals surface area contributed by atoms with Crippen molar-refractivity contribution in [3.8, 4) is 5.69 Å². The minimum Gasteiger partial charge on any atom is -0.387 e. The van der Waals surface area contributed by atoms with Gasteiger partial charge in [-0.1, -0.05) is 53.7 Å². The maximum absolute atomic E-state index is 5.50. The minimum absolute atomic E-state index is 0.186. The number of fused-ring (bicyclic) bond motifs is 3. The second-order valence-electron chi connectivity index (χ2n) is 6.50. The minimum atomic E-state index is 0.186. The van der Waals surface area contributed by atoms with Gasteiger partial charge in [0.25, 0.3) is 0 Å². The Kier molecular flexibility index (Phi) is 4.21. The number of para-hydroxylation sites is 1. The molecule has 0 aliphatic carbocycles. The molecule has 0 aliphatic rings. The monoisotopic (exact) mass is 383 g/mol. The summed E-state index contributed by atoms with van der Waals surface area (Å²) in [5.74, 6) is 0.617. The van der Waals surface area contributed by atoms with Crippen LogP contribution in [0.2, 0.25) is 0 Å². The van der Waals surface area contributed by atoms with Crippen LogP contribution in [0.25, 0.3) is 22.4 Å². The average Bonchev–Trinajstić information content (AvgIpc) is 3.39. The highest BCUT2D eigenvalue weighted by molar-refractivity contribution is 5.98. The number of benzene rings is 2. The van der Waals surface area contributed by atoms with Crippen LogP contribution in [0.3, 0.4) is 0 Å². The third-order valence-corrected chi connectivity index (χ3v) is 4.63. The topological polar surface area (TPSA) is 82.5 Å². The lowest BCUT2D eigenvalue weighted by Crippen LogP contribution is -2.01. The zero-order chi connectivity index (χ0) is 19.6. The molecule has 8 nitrogen and oxygen atoms in total. The fourth-order valence-corrected chi connectivity index (χ4v) is 3.14. The van der Waals surface area contributed by atoms with Crippen LogP contribution < -0.4 is 0 Å². The first-order valence-corrected chi connectivity index (χ1v) is 9.15. The second-order valence-corrected chi connectivity index (χ2v) is 6.50. The lowest BCUT2D eigenvalue weighted by Gasteiger charge is -2.03. The van der Waals surface area contributed by atoms with Gasteiger partial charge in [0.1, 0.15) is 6.33 Å². The predicted molar refractivity (Wildman–Crippen MR) is 109 cm³/mol. The Bertz CT molecular complexity index is 1310. The Balaban J connectivity index is 1.43. The van der Waals surface area contributed by atoms with Gasteiger partial charge in [0.2, 0.25) is 0 Å². The van der Waals surface area contributed by atoms with E-state index < -0.39 is 0 Å². The maximum atomic E-state index is 5.50. The van der Waals surface area contributed by atoms with Gasteiger partial charge in [0, 0.05) is 0 Å². The van der Waals surface area contributed by atoms with Crippen molar-refractivity contribution in [2.24, 2.45) is 5.16 Å². The van der Waals surface area contributed by atoms with Crippen molar-refractivity contribution in [1.82, 2.24) is 29.4 Å². The van der Waals surface area contributed by atoms with Crippen molar-refractivity contribution in [2.75, 3.05) is 0 Å². The molecule has 2 aromatic carbocycles. The van der Waals surface area contributed by atoms with Crippen LogP contribution >= 0.6 is 0 Å². The Hall–Kier alpha value is -4.07. The molecule has 0 N–H and O–H groups in total. The summed E-state index contributed by atoms with van der Waals surface area (Å²) in [5, 5.41) is 18.0. The van der Waals surface area contributed by atoms with E-state index in [1.54, 1.807) is 21.6 Å². The van der Waals surface area contributed by atoms with E-state index in [0.717, 1.165) is 28.0 Å². The van der Waals surface area contributed by atoms with Crippen LogP contribution in [0, 0.1) is 0 Å². The van der Waals surface area contributed by atoms with Crippen LogP contribution in [0.15, 0.2) is 78.3 Å². The number of rotatable bonds is 5. The van der Waals surface area contributed by atoms with E-state index in [0.29, 0.717) is 11.5 Å². The largest absolute Gasteiger partial charge is 0.387 e. The molecule has 142 valence electrons. The van der Waals surface area contributed by atoms with Crippen molar-refractivity contribution < 1.29 is 4.84 Å². The molecule has 8 heteroatoms. The van der Waals surface area contributed by atoms with E-state index in [4.69, 9.17) is 4.84 Å². The molecule has 0 radical (unpaired) electrons. The summed E-state index contributed by atoms with van der Waals surface area (Å²) in [6.07, 6.45) is 3.44. The van der Waals surface area contributed by atoms with E-state index >= 15 is 0 Å². The third-order valence-electron chi connectivity index (χ3n) is 4.63. The first-order chi connectivity index (χ1) is 14.3. The molecule has 0 amide bonds. The van der Waals surface area contributed by atoms with Gasteiger partial charge in [-0.25, -0.2) is 9.67 Å². The highest BCUT2D eigenvalue weighted by Crippen LogP contribution is 2.20. The highest BCUT2D eigenvalue weighted by atomic mass is 16.6. The molecule has 3 aromatic heterocycles. The Morgan fingerprint density at radius 3 is 2.52 bits per heavy atom. The molecular formula is C21H17N7O. The molecule has 5 rings (SSSR count). The van der Waals surface area contributed by atoms with Crippen LogP contribution in [0.5, 0.6) is 0 Å². The van der Waals surface area contributed by atoms with E-state index in [2.05, 4.69) is 25.4 Å². The zero-order valence-corrected chi connectivity index (χ0v) is 15.7. The fourth-order valence-electron chi connectivity index (χ4n) is 3.14. The van der Waals surface area contributed by atoms with Crippen LogP contribution in [-0.4, -0.2) is 35.1 Å². The van der Waals surface area contributed by atoms with Crippen molar-refractivity contribution >= 4 is 22.4 Å². The molecule has 0 unspecified atom stereocenters. The first-order valence-electron chi connectivity index (χ1n) is 9.15. The van der Waals surface area contributed by atoms with Crippen molar-refractivity contribution in [2.45, 2.75) is 13.5 Å². The quantitative estimate of drug-likeness (QED) is 0.343. The number of hydrogen-bond donors (Lipinski definition) is 0. The predicted octanol–water partition coefficient (Wildman–Crippen LogP) is 3.40.